The van der Waals surface area contributed by atoms with E-state index in [4.69, 9.17) is 10.1 Å². The Morgan fingerprint density at radius 1 is 1.16 bits per heavy atom. The maximum atomic E-state index is 13.3. The van der Waals surface area contributed by atoms with E-state index in [0.29, 0.717) is 22.6 Å². The highest BCUT2D eigenvalue weighted by molar-refractivity contribution is 7.98. The topological polar surface area (TPSA) is 71.8 Å². The lowest BCUT2D eigenvalue weighted by molar-refractivity contribution is -0.113. The number of para-hydroxylation sites is 1. The number of aryl methyl sites for hydroxylation is 1. The molecule has 0 bridgehead atoms. The first-order valence-electron chi connectivity index (χ1n) is 10.9. The molecule has 1 aromatic heterocycles. The summed E-state index contributed by atoms with van der Waals surface area (Å²) in [4.78, 5) is 18.0. The summed E-state index contributed by atoms with van der Waals surface area (Å²) in [7, 11) is 0. The van der Waals surface area contributed by atoms with Gasteiger partial charge in [0, 0.05) is 17.1 Å². The quantitative estimate of drug-likeness (QED) is 0.448. The summed E-state index contributed by atoms with van der Waals surface area (Å²) >= 11 is 1.61. The van der Waals surface area contributed by atoms with E-state index in [0.717, 1.165) is 23.6 Å². The van der Waals surface area contributed by atoms with Crippen LogP contribution >= 0.6 is 11.8 Å². The van der Waals surface area contributed by atoms with E-state index in [1.165, 1.54) is 11.1 Å². The molecule has 6 nitrogen and oxygen atoms in total. The zero-order valence-corrected chi connectivity index (χ0v) is 19.7. The van der Waals surface area contributed by atoms with Crippen LogP contribution in [-0.4, -0.2) is 20.7 Å². The van der Waals surface area contributed by atoms with Gasteiger partial charge >= 0.3 is 0 Å². The van der Waals surface area contributed by atoms with Crippen LogP contribution in [-0.2, 0) is 10.5 Å². The number of nitrogens with one attached hydrogen (secondary N) is 2. The monoisotopic (exact) mass is 447 g/mol. The Labute approximate surface area is 193 Å². The molecule has 0 fully saturated rings. The Kier molecular flexibility index (Phi) is 6.65. The van der Waals surface area contributed by atoms with Gasteiger partial charge in [-0.15, -0.1) is 5.10 Å². The maximum absolute atomic E-state index is 13.3. The van der Waals surface area contributed by atoms with Crippen molar-refractivity contribution in [3.05, 3.63) is 77.0 Å². The zero-order valence-electron chi connectivity index (χ0n) is 18.9. The fourth-order valence-electron chi connectivity index (χ4n) is 3.93. The van der Waals surface area contributed by atoms with Crippen LogP contribution in [0.1, 0.15) is 44.4 Å². The van der Waals surface area contributed by atoms with Crippen LogP contribution in [0.5, 0.6) is 0 Å². The second-order valence-electron chi connectivity index (χ2n) is 8.57. The van der Waals surface area contributed by atoms with Crippen molar-refractivity contribution in [1.82, 2.24) is 14.8 Å². The van der Waals surface area contributed by atoms with E-state index in [-0.39, 0.29) is 11.9 Å². The molecule has 1 atom stereocenters. The first-order chi connectivity index (χ1) is 15.4. The minimum Gasteiger partial charge on any atom is -0.328 e. The molecule has 2 N–H and O–H groups in total. The lowest BCUT2D eigenvalue weighted by Gasteiger charge is -2.29. The summed E-state index contributed by atoms with van der Waals surface area (Å²) < 4.78 is 1.88. The van der Waals surface area contributed by atoms with Gasteiger partial charge in [0.25, 0.3) is 5.91 Å². The molecule has 0 aliphatic carbocycles. The summed E-state index contributed by atoms with van der Waals surface area (Å²) in [6.45, 7) is 8.35. The van der Waals surface area contributed by atoms with Crippen molar-refractivity contribution in [2.45, 2.75) is 51.1 Å². The number of hydrogen-bond acceptors (Lipinski definition) is 5. The van der Waals surface area contributed by atoms with Crippen molar-refractivity contribution < 1.29 is 4.79 Å². The lowest BCUT2D eigenvalue weighted by atomic mass is 9.94. The smallest absolute Gasteiger partial charge is 0.255 e. The lowest BCUT2D eigenvalue weighted by Crippen LogP contribution is -2.31. The minimum atomic E-state index is -0.171. The second kappa shape index (κ2) is 9.61. The first-order valence-corrected chi connectivity index (χ1v) is 11.9. The van der Waals surface area contributed by atoms with E-state index in [1.807, 2.05) is 41.9 Å². The number of rotatable bonds is 7. The van der Waals surface area contributed by atoms with E-state index >= 15 is 0 Å². The number of carbonyl (C=O) groups excluding carboxylic acids is 1. The molecule has 0 saturated carbocycles. The molecule has 3 aromatic rings. The van der Waals surface area contributed by atoms with Gasteiger partial charge in [0.05, 0.1) is 11.6 Å². The molecule has 32 heavy (non-hydrogen) atoms. The van der Waals surface area contributed by atoms with Crippen molar-refractivity contribution in [2.24, 2.45) is 5.92 Å². The number of anilines is 2. The molecule has 2 aromatic carbocycles. The van der Waals surface area contributed by atoms with Crippen LogP contribution in [0, 0.1) is 12.8 Å². The molecular formula is C25H29N5OS. The molecule has 1 aliphatic rings. The number of amides is 1. The van der Waals surface area contributed by atoms with Gasteiger partial charge < -0.3 is 10.6 Å². The minimum absolute atomic E-state index is 0.109. The van der Waals surface area contributed by atoms with E-state index in [9.17, 15) is 4.79 Å². The molecule has 0 saturated heterocycles. The van der Waals surface area contributed by atoms with Crippen molar-refractivity contribution in [3.63, 3.8) is 0 Å². The van der Waals surface area contributed by atoms with Gasteiger partial charge in [-0.05, 0) is 43.9 Å². The number of allylic oxidation sites excluding steroid dienone is 1. The summed E-state index contributed by atoms with van der Waals surface area (Å²) in [5.41, 5.74) is 4.79. The van der Waals surface area contributed by atoms with E-state index in [1.54, 1.807) is 11.8 Å². The average Bonchev–Trinajstić information content (AvgIpc) is 3.15. The standard InChI is InChI=1S/C25H29N5OS/c1-16(2)13-21-22(23(31)27-20-11-6-5-7-12-20)18(4)26-24-28-25(29-30(21)24)32-15-19-10-8-9-17(3)14-19/h5-12,14,16,21H,13,15H2,1-4H3,(H,27,31)(H,26,28,29)/t21-/m1/s1. The highest BCUT2D eigenvalue weighted by atomic mass is 32.2. The molecule has 0 unspecified atom stereocenters. The number of thioether (sulfide) groups is 1. The number of aromatic nitrogens is 3. The van der Waals surface area contributed by atoms with Crippen LogP contribution in [0.4, 0.5) is 11.6 Å². The Bertz CT molecular complexity index is 1140. The van der Waals surface area contributed by atoms with Gasteiger partial charge in [-0.1, -0.05) is 73.6 Å². The van der Waals surface area contributed by atoms with Crippen molar-refractivity contribution in [2.75, 3.05) is 10.6 Å². The van der Waals surface area contributed by atoms with Crippen molar-refractivity contribution in [3.8, 4) is 0 Å². The number of carbonyl (C=O) groups is 1. The Hall–Kier alpha value is -3.06. The van der Waals surface area contributed by atoms with E-state index < -0.39 is 0 Å². The third kappa shape index (κ3) is 5.05. The average molecular weight is 448 g/mol. The Morgan fingerprint density at radius 3 is 2.66 bits per heavy atom. The predicted octanol–water partition coefficient (Wildman–Crippen LogP) is 5.80. The number of nitrogens with zero attached hydrogens (tertiary/aromatic N) is 3. The molecule has 0 radical (unpaired) electrons. The SMILES string of the molecule is CC1=C(C(=O)Nc2ccccc2)[C@@H](CC(C)C)n2nc(SCc3cccc(C)c3)nc2N1. The molecule has 4 rings (SSSR count). The maximum Gasteiger partial charge on any atom is 0.255 e. The van der Waals surface area contributed by atoms with Gasteiger partial charge in [-0.3, -0.25) is 4.79 Å². The number of hydrogen-bond donors (Lipinski definition) is 2. The van der Waals surface area contributed by atoms with Gasteiger partial charge in [-0.25, -0.2) is 4.68 Å². The zero-order chi connectivity index (χ0) is 22.7. The molecule has 0 spiro atoms. The van der Waals surface area contributed by atoms with Gasteiger partial charge in [0.2, 0.25) is 11.1 Å². The van der Waals surface area contributed by atoms with Crippen molar-refractivity contribution in [1.29, 1.82) is 0 Å². The van der Waals surface area contributed by atoms with E-state index in [2.05, 4.69) is 55.7 Å². The highest BCUT2D eigenvalue weighted by Gasteiger charge is 2.33. The molecule has 1 aliphatic heterocycles. The molecule has 7 heteroatoms. The number of benzene rings is 2. The van der Waals surface area contributed by atoms with Gasteiger partial charge in [0.1, 0.15) is 0 Å². The Balaban J connectivity index is 1.58. The summed E-state index contributed by atoms with van der Waals surface area (Å²) in [5, 5.41) is 11.8. The number of fused-ring (bicyclic) bond motifs is 1. The second-order valence-corrected chi connectivity index (χ2v) is 9.51. The summed E-state index contributed by atoms with van der Waals surface area (Å²) in [6.07, 6.45) is 0.801. The largest absolute Gasteiger partial charge is 0.328 e. The van der Waals surface area contributed by atoms with Gasteiger partial charge in [0.15, 0.2) is 0 Å². The van der Waals surface area contributed by atoms with Crippen LogP contribution in [0.3, 0.4) is 0 Å². The fourth-order valence-corrected chi connectivity index (χ4v) is 4.70. The molecule has 166 valence electrons. The van der Waals surface area contributed by atoms with Crippen LogP contribution in [0.15, 0.2) is 71.0 Å². The molecular weight excluding hydrogens is 418 g/mol. The molecule has 1 amide bonds. The summed E-state index contributed by atoms with van der Waals surface area (Å²) in [6, 6.07) is 17.8. The van der Waals surface area contributed by atoms with Crippen LogP contribution < -0.4 is 10.6 Å². The normalized spacial score (nSPS) is 15.5. The van der Waals surface area contributed by atoms with Crippen LogP contribution in [0.25, 0.3) is 0 Å². The van der Waals surface area contributed by atoms with Crippen LogP contribution in [0.2, 0.25) is 0 Å². The van der Waals surface area contributed by atoms with Crippen molar-refractivity contribution >= 4 is 29.3 Å². The highest BCUT2D eigenvalue weighted by Crippen LogP contribution is 2.36. The Morgan fingerprint density at radius 2 is 1.94 bits per heavy atom. The third-order valence-electron chi connectivity index (χ3n) is 5.36. The summed E-state index contributed by atoms with van der Waals surface area (Å²) in [5.74, 6) is 1.78. The predicted molar refractivity (Wildman–Crippen MR) is 131 cm³/mol. The fraction of sp³-hybridized carbons (Fsp3) is 0.320. The van der Waals surface area contributed by atoms with Gasteiger partial charge in [-0.2, -0.15) is 4.98 Å². The first kappa shape index (κ1) is 22.1. The molecule has 2 heterocycles. The third-order valence-corrected chi connectivity index (χ3v) is 6.27.